The summed E-state index contributed by atoms with van der Waals surface area (Å²) in [7, 11) is 1.62. The van der Waals surface area contributed by atoms with Gasteiger partial charge in [-0.15, -0.1) is 0 Å². The van der Waals surface area contributed by atoms with Crippen molar-refractivity contribution in [3.05, 3.63) is 29.3 Å². The lowest BCUT2D eigenvalue weighted by molar-refractivity contribution is 0.181. The molecule has 0 aromatic heterocycles. The molecule has 1 rings (SSSR count). The average molecular weight is 181 g/mol. The van der Waals surface area contributed by atoms with Crippen molar-refractivity contribution in [1.82, 2.24) is 0 Å². The summed E-state index contributed by atoms with van der Waals surface area (Å²) in [6, 6.07) is 5.22. The number of aromatic hydroxyl groups is 1. The summed E-state index contributed by atoms with van der Waals surface area (Å²) in [6.45, 7) is 2.34. The number of aryl methyl sites for hydroxylation is 1. The highest BCUT2D eigenvalue weighted by Crippen LogP contribution is 2.20. The highest BCUT2D eigenvalue weighted by Gasteiger charge is 2.06. The molecule has 0 fully saturated rings. The third-order valence-electron chi connectivity index (χ3n) is 2.00. The molecular weight excluding hydrogens is 166 g/mol. The molecule has 0 bridgehead atoms. The number of benzene rings is 1. The number of phenols is 1. The standard InChI is InChI=1S/C10H15NO2/c1-7-5-8(3-4-10(7)12)9(11)6-13-2/h3-5,9,12H,6,11H2,1-2H3/t9-/m1/s1. The SMILES string of the molecule is COC[C@@H](N)c1ccc(O)c(C)c1. The van der Waals surface area contributed by atoms with Gasteiger partial charge in [0.05, 0.1) is 12.6 Å². The van der Waals surface area contributed by atoms with Crippen molar-refractivity contribution in [3.63, 3.8) is 0 Å². The van der Waals surface area contributed by atoms with E-state index < -0.39 is 0 Å². The number of ether oxygens (including phenoxy) is 1. The number of phenolic OH excluding ortho intramolecular Hbond substituents is 1. The predicted octanol–water partition coefficient (Wildman–Crippen LogP) is 1.35. The zero-order valence-electron chi connectivity index (χ0n) is 7.95. The highest BCUT2D eigenvalue weighted by molar-refractivity contribution is 5.36. The summed E-state index contributed by atoms with van der Waals surface area (Å²) < 4.78 is 4.94. The molecule has 3 heteroatoms. The molecule has 0 unspecified atom stereocenters. The van der Waals surface area contributed by atoms with Crippen LogP contribution in [0.3, 0.4) is 0 Å². The molecule has 0 aliphatic carbocycles. The van der Waals surface area contributed by atoms with Crippen LogP contribution >= 0.6 is 0 Å². The van der Waals surface area contributed by atoms with Gasteiger partial charge in [-0.05, 0) is 24.1 Å². The van der Waals surface area contributed by atoms with E-state index in [1.165, 1.54) is 0 Å². The quantitative estimate of drug-likeness (QED) is 0.740. The van der Waals surface area contributed by atoms with Crippen molar-refractivity contribution in [2.24, 2.45) is 5.73 Å². The maximum absolute atomic E-state index is 9.28. The molecule has 3 nitrogen and oxygen atoms in total. The molecule has 0 aliphatic rings. The lowest BCUT2D eigenvalue weighted by Gasteiger charge is -2.11. The van der Waals surface area contributed by atoms with E-state index in [2.05, 4.69) is 0 Å². The normalized spacial score (nSPS) is 12.8. The van der Waals surface area contributed by atoms with Crippen molar-refractivity contribution in [1.29, 1.82) is 0 Å². The van der Waals surface area contributed by atoms with Crippen LogP contribution in [-0.4, -0.2) is 18.8 Å². The molecule has 0 heterocycles. The van der Waals surface area contributed by atoms with Crippen molar-refractivity contribution in [3.8, 4) is 5.75 Å². The Labute approximate surface area is 78.1 Å². The van der Waals surface area contributed by atoms with Crippen molar-refractivity contribution in [2.45, 2.75) is 13.0 Å². The van der Waals surface area contributed by atoms with E-state index in [1.54, 1.807) is 13.2 Å². The van der Waals surface area contributed by atoms with E-state index in [4.69, 9.17) is 10.5 Å². The molecule has 0 saturated carbocycles. The fourth-order valence-corrected chi connectivity index (χ4v) is 1.19. The summed E-state index contributed by atoms with van der Waals surface area (Å²) in [5, 5.41) is 9.28. The van der Waals surface area contributed by atoms with Gasteiger partial charge in [0.1, 0.15) is 5.75 Å². The molecular formula is C10H15NO2. The van der Waals surface area contributed by atoms with Crippen LogP contribution in [-0.2, 0) is 4.74 Å². The number of methoxy groups -OCH3 is 1. The second-order valence-electron chi connectivity index (χ2n) is 3.11. The molecule has 0 amide bonds. The topological polar surface area (TPSA) is 55.5 Å². The summed E-state index contributed by atoms with van der Waals surface area (Å²) in [5.41, 5.74) is 7.64. The molecule has 0 aliphatic heterocycles. The van der Waals surface area contributed by atoms with Gasteiger partial charge >= 0.3 is 0 Å². The molecule has 1 aromatic rings. The van der Waals surface area contributed by atoms with Gasteiger partial charge < -0.3 is 15.6 Å². The van der Waals surface area contributed by atoms with Crippen LogP contribution < -0.4 is 5.73 Å². The monoisotopic (exact) mass is 181 g/mol. The van der Waals surface area contributed by atoms with Crippen molar-refractivity contribution < 1.29 is 9.84 Å². The largest absolute Gasteiger partial charge is 0.508 e. The second-order valence-corrected chi connectivity index (χ2v) is 3.11. The summed E-state index contributed by atoms with van der Waals surface area (Å²) in [6.07, 6.45) is 0. The molecule has 0 radical (unpaired) electrons. The van der Waals surface area contributed by atoms with Gasteiger partial charge in [-0.25, -0.2) is 0 Å². The number of rotatable bonds is 3. The fourth-order valence-electron chi connectivity index (χ4n) is 1.19. The summed E-state index contributed by atoms with van der Waals surface area (Å²) in [5.74, 6) is 0.299. The van der Waals surface area contributed by atoms with Gasteiger partial charge in [0.2, 0.25) is 0 Å². The molecule has 1 aromatic carbocycles. The third-order valence-corrected chi connectivity index (χ3v) is 2.00. The first-order chi connectivity index (χ1) is 6.15. The predicted molar refractivity (Wildman–Crippen MR) is 51.6 cm³/mol. The first-order valence-electron chi connectivity index (χ1n) is 4.19. The zero-order valence-corrected chi connectivity index (χ0v) is 7.95. The Morgan fingerprint density at radius 2 is 2.23 bits per heavy atom. The number of nitrogens with two attached hydrogens (primary N) is 1. The van der Waals surface area contributed by atoms with Gasteiger partial charge in [0.25, 0.3) is 0 Å². The molecule has 0 spiro atoms. The summed E-state index contributed by atoms with van der Waals surface area (Å²) in [4.78, 5) is 0. The Morgan fingerprint density at radius 1 is 1.54 bits per heavy atom. The maximum Gasteiger partial charge on any atom is 0.118 e. The lowest BCUT2D eigenvalue weighted by Crippen LogP contribution is -2.15. The van der Waals surface area contributed by atoms with Crippen LogP contribution in [0.2, 0.25) is 0 Å². The fraction of sp³-hybridized carbons (Fsp3) is 0.400. The summed E-state index contributed by atoms with van der Waals surface area (Å²) >= 11 is 0. The van der Waals surface area contributed by atoms with Gasteiger partial charge in [-0.2, -0.15) is 0 Å². The minimum atomic E-state index is -0.121. The minimum absolute atomic E-state index is 0.121. The third kappa shape index (κ3) is 2.44. The van der Waals surface area contributed by atoms with Crippen molar-refractivity contribution >= 4 is 0 Å². The zero-order chi connectivity index (χ0) is 9.84. The van der Waals surface area contributed by atoms with E-state index in [-0.39, 0.29) is 6.04 Å². The molecule has 13 heavy (non-hydrogen) atoms. The Bertz CT molecular complexity index is 286. The van der Waals surface area contributed by atoms with Crippen LogP contribution in [0.25, 0.3) is 0 Å². The van der Waals surface area contributed by atoms with Gasteiger partial charge in [0.15, 0.2) is 0 Å². The average Bonchev–Trinajstić information content (AvgIpc) is 2.10. The first kappa shape index (κ1) is 10.0. The van der Waals surface area contributed by atoms with Gasteiger partial charge in [-0.1, -0.05) is 12.1 Å². The second kappa shape index (κ2) is 4.25. The Kier molecular flexibility index (Phi) is 3.28. The van der Waals surface area contributed by atoms with E-state index in [1.807, 2.05) is 19.1 Å². The Morgan fingerprint density at radius 3 is 2.77 bits per heavy atom. The smallest absolute Gasteiger partial charge is 0.118 e. The van der Waals surface area contributed by atoms with E-state index in [9.17, 15) is 5.11 Å². The van der Waals surface area contributed by atoms with Crippen LogP contribution in [0.15, 0.2) is 18.2 Å². The van der Waals surface area contributed by atoms with Crippen LogP contribution in [0, 0.1) is 6.92 Å². The van der Waals surface area contributed by atoms with Crippen LogP contribution in [0.1, 0.15) is 17.2 Å². The van der Waals surface area contributed by atoms with Crippen molar-refractivity contribution in [2.75, 3.05) is 13.7 Å². The number of hydrogen-bond donors (Lipinski definition) is 2. The first-order valence-corrected chi connectivity index (χ1v) is 4.19. The minimum Gasteiger partial charge on any atom is -0.508 e. The maximum atomic E-state index is 9.28. The highest BCUT2D eigenvalue weighted by atomic mass is 16.5. The van der Waals surface area contributed by atoms with E-state index in [0.717, 1.165) is 11.1 Å². The number of hydrogen-bond acceptors (Lipinski definition) is 3. The molecule has 72 valence electrons. The molecule has 3 N–H and O–H groups in total. The van der Waals surface area contributed by atoms with E-state index >= 15 is 0 Å². The van der Waals surface area contributed by atoms with E-state index in [0.29, 0.717) is 12.4 Å². The van der Waals surface area contributed by atoms with Crippen LogP contribution in [0.4, 0.5) is 0 Å². The Balaban J connectivity index is 2.84. The molecule has 1 atom stereocenters. The van der Waals surface area contributed by atoms with Gasteiger partial charge in [-0.3, -0.25) is 0 Å². The Hall–Kier alpha value is -1.06. The lowest BCUT2D eigenvalue weighted by atomic mass is 10.1. The molecule has 0 saturated heterocycles. The van der Waals surface area contributed by atoms with Gasteiger partial charge in [0, 0.05) is 7.11 Å². The van der Waals surface area contributed by atoms with Crippen LogP contribution in [0.5, 0.6) is 5.75 Å².